The molecule has 1 aliphatic rings. The first-order chi connectivity index (χ1) is 15.8. The van der Waals surface area contributed by atoms with Crippen molar-refractivity contribution in [1.29, 1.82) is 0 Å². The molecule has 172 valence electrons. The number of aliphatic hydroxyl groups is 1. The molecule has 0 radical (unpaired) electrons. The fourth-order valence-corrected chi connectivity index (χ4v) is 4.18. The number of carbonyl (C=O) groups is 2. The maximum atomic E-state index is 15.3. The highest BCUT2D eigenvalue weighted by Gasteiger charge is 2.51. The molecule has 1 aromatic heterocycles. The van der Waals surface area contributed by atoms with Crippen molar-refractivity contribution >= 4 is 53.2 Å². The number of aromatic nitrogens is 2. The van der Waals surface area contributed by atoms with Crippen molar-refractivity contribution in [3.8, 4) is 0 Å². The van der Waals surface area contributed by atoms with E-state index >= 15 is 4.39 Å². The zero-order valence-corrected chi connectivity index (χ0v) is 18.3. The number of imidazole rings is 1. The van der Waals surface area contributed by atoms with Crippen LogP contribution in [0.3, 0.4) is 0 Å². The Kier molecular flexibility index (Phi) is 5.60. The van der Waals surface area contributed by atoms with Gasteiger partial charge in [0.2, 0.25) is 5.95 Å². The number of halogens is 2. The standard InChI is InChI=1S/C24H17FN4O4.ClH/c1-2-13-6-5-9-19(20(13)25)29-21(30)15-7-3-4-8-16(15)24(29,33)14-10-11-17-18(12-14)27-22(26-17)28-23(31)32;/h2-12,33H,1H2,(H,31,32)(H2,26,27,28);1H. The smallest absolute Gasteiger partial charge is 0.411 e. The number of carboxylic acid groups (broad SMARTS) is 1. The Morgan fingerprint density at radius 1 is 1.18 bits per heavy atom. The second kappa shape index (κ2) is 8.29. The van der Waals surface area contributed by atoms with Crippen molar-refractivity contribution in [3.05, 3.63) is 95.3 Å². The number of benzene rings is 3. The highest BCUT2D eigenvalue weighted by molar-refractivity contribution is 6.12. The third-order valence-corrected chi connectivity index (χ3v) is 5.64. The Morgan fingerprint density at radius 2 is 1.94 bits per heavy atom. The lowest BCUT2D eigenvalue weighted by atomic mass is 9.93. The van der Waals surface area contributed by atoms with Gasteiger partial charge in [0, 0.05) is 22.3 Å². The van der Waals surface area contributed by atoms with E-state index in [1.807, 2.05) is 0 Å². The minimum Gasteiger partial charge on any atom is -0.465 e. The Balaban J connectivity index is 0.00000274. The number of nitrogens with zero attached hydrogens (tertiary/aromatic N) is 2. The molecule has 10 heteroatoms. The van der Waals surface area contributed by atoms with E-state index in [4.69, 9.17) is 5.11 Å². The Morgan fingerprint density at radius 3 is 2.68 bits per heavy atom. The van der Waals surface area contributed by atoms with Crippen molar-refractivity contribution in [2.75, 3.05) is 10.2 Å². The Bertz CT molecular complexity index is 1470. The number of H-pyrrole nitrogens is 1. The third kappa shape index (κ3) is 3.30. The van der Waals surface area contributed by atoms with E-state index in [2.05, 4.69) is 21.9 Å². The largest absolute Gasteiger partial charge is 0.465 e. The number of hydrogen-bond donors (Lipinski definition) is 4. The second-order valence-corrected chi connectivity index (χ2v) is 7.49. The van der Waals surface area contributed by atoms with Crippen LogP contribution < -0.4 is 10.2 Å². The number of nitrogens with one attached hydrogen (secondary N) is 2. The minimum atomic E-state index is -2.04. The van der Waals surface area contributed by atoms with Gasteiger partial charge in [-0.2, -0.15) is 0 Å². The molecule has 0 spiro atoms. The van der Waals surface area contributed by atoms with Crippen molar-refractivity contribution in [1.82, 2.24) is 9.97 Å². The number of rotatable bonds is 4. The van der Waals surface area contributed by atoms with Crippen LogP contribution in [0.1, 0.15) is 27.0 Å². The summed E-state index contributed by atoms with van der Waals surface area (Å²) in [6.45, 7) is 3.60. The van der Waals surface area contributed by atoms with E-state index in [0.29, 0.717) is 11.0 Å². The van der Waals surface area contributed by atoms with Gasteiger partial charge in [-0.05, 0) is 24.3 Å². The monoisotopic (exact) mass is 480 g/mol. The summed E-state index contributed by atoms with van der Waals surface area (Å²) >= 11 is 0. The van der Waals surface area contributed by atoms with E-state index in [1.54, 1.807) is 42.5 Å². The summed E-state index contributed by atoms with van der Waals surface area (Å²) in [7, 11) is 0. The molecule has 1 unspecified atom stereocenters. The fourth-order valence-electron chi connectivity index (χ4n) is 4.18. The van der Waals surface area contributed by atoms with E-state index in [-0.39, 0.29) is 46.3 Å². The van der Waals surface area contributed by atoms with Gasteiger partial charge in [0.15, 0.2) is 11.5 Å². The van der Waals surface area contributed by atoms with Crippen molar-refractivity contribution < 1.29 is 24.2 Å². The summed E-state index contributed by atoms with van der Waals surface area (Å²) in [5, 5.41) is 23.1. The molecule has 3 aromatic carbocycles. The number of hydrogen-bond acceptors (Lipinski definition) is 4. The van der Waals surface area contributed by atoms with Crippen LogP contribution in [0, 0.1) is 5.82 Å². The SMILES string of the molecule is C=Cc1cccc(N2C(=O)c3ccccc3C2(O)c2ccc3[nH]c(NC(=O)O)nc3c2)c1F.Cl. The predicted molar refractivity (Wildman–Crippen MR) is 128 cm³/mol. The van der Waals surface area contributed by atoms with Gasteiger partial charge in [0.25, 0.3) is 5.91 Å². The van der Waals surface area contributed by atoms with Gasteiger partial charge in [-0.15, -0.1) is 12.4 Å². The average molecular weight is 481 g/mol. The number of amides is 2. The first-order valence-corrected chi connectivity index (χ1v) is 9.92. The minimum absolute atomic E-state index is 0. The molecule has 4 aromatic rings. The summed E-state index contributed by atoms with van der Waals surface area (Å²) in [4.78, 5) is 32.4. The Labute approximate surface area is 198 Å². The van der Waals surface area contributed by atoms with Gasteiger partial charge in [-0.25, -0.2) is 14.2 Å². The predicted octanol–water partition coefficient (Wildman–Crippen LogP) is 4.71. The lowest BCUT2D eigenvalue weighted by Gasteiger charge is -2.35. The molecule has 4 N–H and O–H groups in total. The van der Waals surface area contributed by atoms with Crippen molar-refractivity contribution in [3.63, 3.8) is 0 Å². The molecular weight excluding hydrogens is 463 g/mol. The first-order valence-electron chi connectivity index (χ1n) is 9.92. The molecule has 8 nitrogen and oxygen atoms in total. The Hall–Kier alpha value is -4.21. The molecule has 0 bridgehead atoms. The van der Waals surface area contributed by atoms with Gasteiger partial charge in [-0.1, -0.05) is 49.1 Å². The molecule has 2 amide bonds. The van der Waals surface area contributed by atoms with Crippen LogP contribution in [-0.4, -0.2) is 32.2 Å². The molecular formula is C24H18ClFN4O4. The highest BCUT2D eigenvalue weighted by atomic mass is 35.5. The fraction of sp³-hybridized carbons (Fsp3) is 0.0417. The van der Waals surface area contributed by atoms with Crippen LogP contribution in [0.5, 0.6) is 0 Å². The number of aromatic amines is 1. The van der Waals surface area contributed by atoms with E-state index < -0.39 is 23.5 Å². The number of fused-ring (bicyclic) bond motifs is 2. The van der Waals surface area contributed by atoms with Crippen LogP contribution in [0.15, 0.2) is 67.2 Å². The maximum Gasteiger partial charge on any atom is 0.411 e. The first kappa shape index (κ1) is 23.0. The molecule has 34 heavy (non-hydrogen) atoms. The molecule has 2 heterocycles. The van der Waals surface area contributed by atoms with Gasteiger partial charge in [0.1, 0.15) is 0 Å². The normalized spacial score (nSPS) is 16.8. The quantitative estimate of drug-likeness (QED) is 0.337. The molecule has 0 aliphatic carbocycles. The summed E-state index contributed by atoms with van der Waals surface area (Å²) in [6, 6.07) is 15.7. The van der Waals surface area contributed by atoms with Gasteiger partial charge < -0.3 is 15.2 Å². The van der Waals surface area contributed by atoms with Gasteiger partial charge >= 0.3 is 6.09 Å². The van der Waals surface area contributed by atoms with Crippen LogP contribution in [0.25, 0.3) is 17.1 Å². The van der Waals surface area contributed by atoms with Gasteiger partial charge in [-0.3, -0.25) is 15.0 Å². The molecule has 1 atom stereocenters. The molecule has 0 saturated heterocycles. The van der Waals surface area contributed by atoms with E-state index in [1.165, 1.54) is 24.3 Å². The van der Waals surface area contributed by atoms with Crippen LogP contribution >= 0.6 is 12.4 Å². The molecule has 5 rings (SSSR count). The van der Waals surface area contributed by atoms with E-state index in [9.17, 15) is 14.7 Å². The van der Waals surface area contributed by atoms with Crippen LogP contribution in [-0.2, 0) is 5.72 Å². The molecule has 1 aliphatic heterocycles. The average Bonchev–Trinajstić information content (AvgIpc) is 3.30. The molecule has 0 saturated carbocycles. The topological polar surface area (TPSA) is 119 Å². The maximum absolute atomic E-state index is 15.3. The van der Waals surface area contributed by atoms with Crippen LogP contribution in [0.2, 0.25) is 0 Å². The van der Waals surface area contributed by atoms with Crippen molar-refractivity contribution in [2.24, 2.45) is 0 Å². The number of carbonyl (C=O) groups excluding carboxylic acids is 1. The van der Waals surface area contributed by atoms with Gasteiger partial charge in [0.05, 0.1) is 16.7 Å². The zero-order chi connectivity index (χ0) is 23.3. The summed E-state index contributed by atoms with van der Waals surface area (Å²) in [5.74, 6) is -1.25. The summed E-state index contributed by atoms with van der Waals surface area (Å²) in [6.07, 6.45) is 0.0465. The van der Waals surface area contributed by atoms with E-state index in [0.717, 1.165) is 4.90 Å². The highest BCUT2D eigenvalue weighted by Crippen LogP contribution is 2.46. The summed E-state index contributed by atoms with van der Waals surface area (Å²) in [5.41, 5.74) is -0.322. The van der Waals surface area contributed by atoms with Crippen molar-refractivity contribution in [2.45, 2.75) is 5.72 Å². The lowest BCUT2D eigenvalue weighted by molar-refractivity contribution is 0.0699. The number of anilines is 2. The molecule has 0 fully saturated rings. The zero-order valence-electron chi connectivity index (χ0n) is 17.4. The lowest BCUT2D eigenvalue weighted by Crippen LogP contribution is -2.45. The summed E-state index contributed by atoms with van der Waals surface area (Å²) < 4.78 is 15.3. The third-order valence-electron chi connectivity index (χ3n) is 5.64. The second-order valence-electron chi connectivity index (χ2n) is 7.49. The van der Waals surface area contributed by atoms with Crippen LogP contribution in [0.4, 0.5) is 20.8 Å².